The van der Waals surface area contributed by atoms with E-state index in [1.165, 1.54) is 10.6 Å². The molecule has 15 heteroatoms. The normalized spacial score (nSPS) is 19.2. The highest BCUT2D eigenvalue weighted by molar-refractivity contribution is 7.92. The summed E-state index contributed by atoms with van der Waals surface area (Å²) < 4.78 is 46.6. The lowest BCUT2D eigenvalue weighted by Gasteiger charge is -2.32. The molecule has 0 radical (unpaired) electrons. The fraction of sp³-hybridized carbons (Fsp3) is 0.457. The Balaban J connectivity index is 1.24. The molecule has 0 spiro atoms. The van der Waals surface area contributed by atoms with Gasteiger partial charge in [0.2, 0.25) is 16.0 Å². The molecule has 0 saturated carbocycles. The molecule has 50 heavy (non-hydrogen) atoms. The summed E-state index contributed by atoms with van der Waals surface area (Å²) in [6, 6.07) is 13.0. The first-order valence-corrected chi connectivity index (χ1v) is 20.5. The number of fused-ring (bicyclic) bond motifs is 1. The van der Waals surface area contributed by atoms with Crippen molar-refractivity contribution in [2.75, 3.05) is 69.0 Å². The van der Waals surface area contributed by atoms with Gasteiger partial charge in [0.05, 0.1) is 30.2 Å². The van der Waals surface area contributed by atoms with Gasteiger partial charge >= 0.3 is 0 Å². The number of anilines is 3. The van der Waals surface area contributed by atoms with E-state index in [0.29, 0.717) is 72.4 Å². The third-order valence-corrected chi connectivity index (χ3v) is 13.3. The van der Waals surface area contributed by atoms with E-state index in [-0.39, 0.29) is 16.9 Å². The van der Waals surface area contributed by atoms with Crippen LogP contribution in [0.25, 0.3) is 22.2 Å². The number of benzene rings is 2. The summed E-state index contributed by atoms with van der Waals surface area (Å²) in [7, 11) is -3.35. The summed E-state index contributed by atoms with van der Waals surface area (Å²) in [4.78, 5) is 27.0. The van der Waals surface area contributed by atoms with Crippen LogP contribution in [0.5, 0.6) is 0 Å². The minimum atomic E-state index is -3.35. The molecular formula is C35H42ClN7O5S2. The Morgan fingerprint density at radius 1 is 1.00 bits per heavy atom. The molecule has 2 aromatic carbocycles. The molecule has 3 aliphatic heterocycles. The average Bonchev–Trinajstić information content (AvgIpc) is 3.12. The zero-order valence-electron chi connectivity index (χ0n) is 28.2. The predicted molar refractivity (Wildman–Crippen MR) is 199 cm³/mol. The van der Waals surface area contributed by atoms with Crippen molar-refractivity contribution in [2.45, 2.75) is 48.8 Å². The number of sulfonamides is 1. The quantitative estimate of drug-likeness (QED) is 0.249. The maximum atomic E-state index is 14.5. The molecular weight excluding hydrogens is 698 g/mol. The van der Waals surface area contributed by atoms with Gasteiger partial charge in [-0.15, -0.1) is 0 Å². The molecule has 0 amide bonds. The van der Waals surface area contributed by atoms with E-state index in [0.717, 1.165) is 60.7 Å². The van der Waals surface area contributed by atoms with Gasteiger partial charge in [-0.05, 0) is 84.5 Å². The highest BCUT2D eigenvalue weighted by atomic mass is 35.5. The summed E-state index contributed by atoms with van der Waals surface area (Å²) in [5, 5.41) is 7.97. The number of piperidine rings is 1. The van der Waals surface area contributed by atoms with Crippen molar-refractivity contribution in [3.05, 3.63) is 69.6 Å². The largest absolute Gasteiger partial charge is 0.611 e. The molecule has 2 aromatic heterocycles. The van der Waals surface area contributed by atoms with E-state index >= 15 is 0 Å². The molecule has 12 nitrogen and oxygen atoms in total. The van der Waals surface area contributed by atoms with E-state index in [1.54, 1.807) is 10.8 Å². The number of piperazine rings is 1. The van der Waals surface area contributed by atoms with Crippen molar-refractivity contribution < 1.29 is 17.7 Å². The van der Waals surface area contributed by atoms with E-state index in [4.69, 9.17) is 21.3 Å². The minimum absolute atomic E-state index is 0.0471. The molecule has 266 valence electrons. The number of aromatic nitrogens is 3. The summed E-state index contributed by atoms with van der Waals surface area (Å²) >= 11 is 5.54. The van der Waals surface area contributed by atoms with Gasteiger partial charge < -0.3 is 24.8 Å². The smallest absolute Gasteiger partial charge is 0.260 e. The van der Waals surface area contributed by atoms with Crippen molar-refractivity contribution in [3.63, 3.8) is 0 Å². The fourth-order valence-electron chi connectivity index (χ4n) is 7.17. The Kier molecular flexibility index (Phi) is 10.4. The molecule has 1 atom stereocenters. The predicted octanol–water partition coefficient (Wildman–Crippen LogP) is 4.46. The number of nitrogens with zero attached hydrogens (tertiary/aromatic N) is 5. The highest BCUT2D eigenvalue weighted by Crippen LogP contribution is 2.33. The van der Waals surface area contributed by atoms with E-state index in [9.17, 15) is 17.8 Å². The van der Waals surface area contributed by atoms with Gasteiger partial charge in [0.1, 0.15) is 10.9 Å². The summed E-state index contributed by atoms with van der Waals surface area (Å²) in [6.45, 7) is 7.34. The maximum Gasteiger partial charge on any atom is 0.260 e. The summed E-state index contributed by atoms with van der Waals surface area (Å²) in [6.07, 6.45) is 5.35. The summed E-state index contributed by atoms with van der Waals surface area (Å²) in [5.74, 6) is 0.314. The first-order valence-electron chi connectivity index (χ1n) is 17.1. The molecule has 2 N–H and O–H groups in total. The van der Waals surface area contributed by atoms with E-state index < -0.39 is 21.2 Å². The van der Waals surface area contributed by atoms with Crippen LogP contribution in [0.2, 0.25) is 5.02 Å². The third-order valence-electron chi connectivity index (χ3n) is 9.88. The fourth-order valence-corrected chi connectivity index (χ4v) is 9.84. The lowest BCUT2D eigenvalue weighted by Crippen LogP contribution is -2.43. The molecule has 3 saturated heterocycles. The summed E-state index contributed by atoms with van der Waals surface area (Å²) in [5.41, 5.74) is 4.01. The van der Waals surface area contributed by atoms with Gasteiger partial charge in [-0.1, -0.05) is 11.6 Å². The number of rotatable bonds is 8. The van der Waals surface area contributed by atoms with E-state index in [1.807, 2.05) is 49.4 Å². The van der Waals surface area contributed by atoms with Crippen molar-refractivity contribution in [3.8, 4) is 11.1 Å². The SMILES string of the molecule is Cc1cc([S+]([O-])C2CCOCC2)ccc1-c1cc2cnc(Nc3ccc(N4CCNCC4)c(Cl)c3)nc2n(C2CCN(S(C)(=O)=O)CC2)c1=O. The van der Waals surface area contributed by atoms with Gasteiger partial charge in [-0.2, -0.15) is 4.98 Å². The van der Waals surface area contributed by atoms with Crippen molar-refractivity contribution >= 4 is 61.2 Å². The molecule has 4 aromatic rings. The van der Waals surface area contributed by atoms with Crippen LogP contribution >= 0.6 is 11.6 Å². The molecule has 0 bridgehead atoms. The lowest BCUT2D eigenvalue weighted by atomic mass is 9.99. The zero-order valence-corrected chi connectivity index (χ0v) is 30.6. The Hall–Kier alpha value is -3.24. The van der Waals surface area contributed by atoms with E-state index in [2.05, 4.69) is 20.5 Å². The van der Waals surface area contributed by atoms with Crippen LogP contribution in [0.4, 0.5) is 17.3 Å². The Morgan fingerprint density at radius 2 is 1.74 bits per heavy atom. The van der Waals surface area contributed by atoms with Crippen LogP contribution in [0.1, 0.15) is 37.3 Å². The molecule has 0 aliphatic carbocycles. The first kappa shape index (κ1) is 35.2. The highest BCUT2D eigenvalue weighted by Gasteiger charge is 2.30. The van der Waals surface area contributed by atoms with Crippen LogP contribution in [-0.2, 0) is 25.9 Å². The van der Waals surface area contributed by atoms with Crippen LogP contribution in [0.15, 0.2) is 58.4 Å². The minimum Gasteiger partial charge on any atom is -0.611 e. The molecule has 1 unspecified atom stereocenters. The number of halogens is 1. The lowest BCUT2D eigenvalue weighted by molar-refractivity contribution is 0.0983. The second kappa shape index (κ2) is 14.8. The van der Waals surface area contributed by atoms with Crippen LogP contribution in [0, 0.1) is 6.92 Å². The molecule has 3 aliphatic rings. The maximum absolute atomic E-state index is 14.5. The van der Waals surface area contributed by atoms with Crippen molar-refractivity contribution in [2.24, 2.45) is 0 Å². The van der Waals surface area contributed by atoms with Crippen molar-refractivity contribution in [1.82, 2.24) is 24.2 Å². The standard InChI is InChI=1S/C35H42ClN7O5S2/c1-23-19-28(49(45)27-9-17-48-18-10-27)4-5-29(23)30-20-24-22-38-35(39-25-3-6-32(31(36)21-25)41-15-11-37-12-16-41)40-33(24)43(34(30)44)26-7-13-42(14-8-26)50(2,46)47/h3-6,19-22,26-27,37H,7-18H2,1-2H3,(H,38,39,40). The van der Waals surface area contributed by atoms with Gasteiger partial charge in [0.25, 0.3) is 5.56 Å². The van der Waals surface area contributed by atoms with Gasteiger partial charge in [0.15, 0.2) is 4.90 Å². The average molecular weight is 740 g/mol. The van der Waals surface area contributed by atoms with Crippen LogP contribution in [-0.4, -0.2) is 95.8 Å². The number of ether oxygens (including phenoxy) is 1. The molecule has 7 rings (SSSR count). The van der Waals surface area contributed by atoms with Crippen LogP contribution < -0.4 is 21.1 Å². The number of pyridine rings is 1. The van der Waals surface area contributed by atoms with Gasteiger partial charge in [-0.25, -0.2) is 17.7 Å². The van der Waals surface area contributed by atoms with Gasteiger partial charge in [-0.3, -0.25) is 9.36 Å². The number of hydrogen-bond donors (Lipinski definition) is 2. The third kappa shape index (κ3) is 7.38. The van der Waals surface area contributed by atoms with Crippen molar-refractivity contribution in [1.29, 1.82) is 0 Å². The zero-order chi connectivity index (χ0) is 35.0. The molecule has 3 fully saturated rings. The topological polar surface area (TPSA) is 145 Å². The second-order valence-electron chi connectivity index (χ2n) is 13.2. The number of aryl methyl sites for hydroxylation is 1. The number of hydrogen-bond acceptors (Lipinski definition) is 10. The van der Waals surface area contributed by atoms with Crippen LogP contribution in [0.3, 0.4) is 0 Å². The first-order chi connectivity index (χ1) is 24.1. The monoisotopic (exact) mass is 739 g/mol. The second-order valence-corrected chi connectivity index (χ2v) is 17.3. The molecule has 5 heterocycles. The Labute approximate surface area is 300 Å². The Morgan fingerprint density at radius 3 is 2.42 bits per heavy atom. The number of nitrogens with one attached hydrogen (secondary N) is 2. The Bertz CT molecular complexity index is 2040. The van der Waals surface area contributed by atoms with Gasteiger partial charge in [0, 0.05) is 81.0 Å².